The Bertz CT molecular complexity index is 1990. The molecule has 0 atom stereocenters. The van der Waals surface area contributed by atoms with Crippen molar-refractivity contribution >= 4 is 23.3 Å². The number of benzene rings is 2. The molecule has 6 aromatic rings. The summed E-state index contributed by atoms with van der Waals surface area (Å²) in [6, 6.07) is 19.6. The molecule has 13 nitrogen and oxygen atoms in total. The summed E-state index contributed by atoms with van der Waals surface area (Å²) in [4.78, 5) is 37.9. The normalized spacial score (nSPS) is 11.0. The minimum atomic E-state index is -0.406. The molecule has 4 heterocycles. The third-order valence-corrected chi connectivity index (χ3v) is 6.49. The number of carbonyl (C=O) groups excluding carboxylic acids is 2. The second-order valence-corrected chi connectivity index (χ2v) is 10.8. The van der Waals surface area contributed by atoms with Crippen LogP contribution < -0.4 is 5.56 Å². The number of fused-ring (bicyclic) bond motifs is 1. The number of hydrogen-bond donors (Lipinski definition) is 1. The Balaban J connectivity index is 0.000000515. The van der Waals surface area contributed by atoms with Gasteiger partial charge in [-0.2, -0.15) is 10.2 Å². The Hall–Kier alpha value is -5.98. The third-order valence-electron chi connectivity index (χ3n) is 6.49. The number of aromatic amines is 1. The average molecular weight is 607 g/mol. The van der Waals surface area contributed by atoms with Crippen molar-refractivity contribution in [2.45, 2.75) is 32.9 Å². The van der Waals surface area contributed by atoms with E-state index in [0.29, 0.717) is 29.1 Å². The molecule has 0 saturated carbocycles. The highest BCUT2D eigenvalue weighted by Gasteiger charge is 2.15. The van der Waals surface area contributed by atoms with Gasteiger partial charge in [0.15, 0.2) is 0 Å². The van der Waals surface area contributed by atoms with Gasteiger partial charge < -0.3 is 9.47 Å². The van der Waals surface area contributed by atoms with E-state index in [1.807, 2.05) is 51.1 Å². The molecular weight excluding hydrogens is 576 g/mol. The van der Waals surface area contributed by atoms with Crippen LogP contribution in [0.15, 0.2) is 90.1 Å². The molecular formula is C32H30N8O5. The quantitative estimate of drug-likeness (QED) is 0.206. The Labute approximate surface area is 257 Å². The molecule has 0 saturated heterocycles. The number of hydrogen-bond acceptors (Lipinski definition) is 10. The Kier molecular flexibility index (Phi) is 8.89. The van der Waals surface area contributed by atoms with Crippen molar-refractivity contribution in [3.8, 4) is 28.3 Å². The molecule has 45 heavy (non-hydrogen) atoms. The number of methoxy groups -OCH3 is 1. The minimum absolute atomic E-state index is 0.198. The topological polar surface area (TPSA) is 160 Å². The molecule has 0 radical (unpaired) electrons. The predicted molar refractivity (Wildman–Crippen MR) is 166 cm³/mol. The van der Waals surface area contributed by atoms with E-state index >= 15 is 0 Å². The number of aromatic nitrogens is 8. The minimum Gasteiger partial charge on any atom is -0.465 e. The van der Waals surface area contributed by atoms with Crippen molar-refractivity contribution in [3.63, 3.8) is 0 Å². The Morgan fingerprint density at radius 2 is 1.73 bits per heavy atom. The van der Waals surface area contributed by atoms with Gasteiger partial charge in [0.2, 0.25) is 0 Å². The number of carbonyl (C=O) groups is 2. The third kappa shape index (κ3) is 7.33. The fourth-order valence-corrected chi connectivity index (χ4v) is 4.28. The van der Waals surface area contributed by atoms with Crippen LogP contribution in [-0.4, -0.2) is 65.1 Å². The fourth-order valence-electron chi connectivity index (χ4n) is 4.28. The standard InChI is InChI=1S/C27H20N8O3.C5H10O2/c1-38-27(37)19-3-5-20(6-4-19)34-16-24(30-33-34)26-21-14-17(2-7-23(21)29-31-26)15-35-25(36)9-8-22(32-35)18-10-12-28-13-11-18;1-5(2,3)7-4-6/h2-14,16H,15H2,1H3,(H,29,31);4H,1-3H3. The molecule has 0 bridgehead atoms. The predicted octanol–water partition coefficient (Wildman–Crippen LogP) is 4.22. The lowest BCUT2D eigenvalue weighted by atomic mass is 10.1. The van der Waals surface area contributed by atoms with Gasteiger partial charge >= 0.3 is 5.97 Å². The lowest BCUT2D eigenvalue weighted by molar-refractivity contribution is -0.138. The van der Waals surface area contributed by atoms with Crippen LogP contribution in [0, 0.1) is 0 Å². The van der Waals surface area contributed by atoms with Crippen molar-refractivity contribution in [3.05, 3.63) is 107 Å². The van der Waals surface area contributed by atoms with Crippen molar-refractivity contribution in [1.29, 1.82) is 0 Å². The first-order chi connectivity index (χ1) is 21.6. The molecule has 2 aromatic carbocycles. The molecule has 0 fully saturated rings. The van der Waals surface area contributed by atoms with Crippen LogP contribution in [0.3, 0.4) is 0 Å². The van der Waals surface area contributed by atoms with E-state index in [1.54, 1.807) is 53.6 Å². The largest absolute Gasteiger partial charge is 0.465 e. The molecule has 4 aromatic heterocycles. The van der Waals surface area contributed by atoms with Gasteiger partial charge in [0.1, 0.15) is 17.0 Å². The lowest BCUT2D eigenvalue weighted by Crippen LogP contribution is -2.22. The van der Waals surface area contributed by atoms with Crippen molar-refractivity contribution in [2.24, 2.45) is 0 Å². The van der Waals surface area contributed by atoms with E-state index < -0.39 is 5.97 Å². The Morgan fingerprint density at radius 1 is 0.978 bits per heavy atom. The zero-order valence-electron chi connectivity index (χ0n) is 25.0. The van der Waals surface area contributed by atoms with Gasteiger partial charge in [-0.15, -0.1) is 5.10 Å². The van der Waals surface area contributed by atoms with E-state index in [1.165, 1.54) is 17.9 Å². The number of rotatable bonds is 7. The molecule has 0 aliphatic rings. The average Bonchev–Trinajstić information content (AvgIpc) is 3.69. The molecule has 0 amide bonds. The molecule has 0 unspecified atom stereocenters. The number of esters is 1. The highest BCUT2D eigenvalue weighted by Crippen LogP contribution is 2.26. The second-order valence-electron chi connectivity index (χ2n) is 10.8. The van der Waals surface area contributed by atoms with Crippen molar-refractivity contribution in [2.75, 3.05) is 7.11 Å². The van der Waals surface area contributed by atoms with Gasteiger partial charge in [-0.05, 0) is 80.9 Å². The Morgan fingerprint density at radius 3 is 2.40 bits per heavy atom. The smallest absolute Gasteiger partial charge is 0.337 e. The molecule has 6 rings (SSSR count). The van der Waals surface area contributed by atoms with Gasteiger partial charge in [-0.1, -0.05) is 11.3 Å². The van der Waals surface area contributed by atoms with Crippen molar-refractivity contribution < 1.29 is 19.1 Å². The highest BCUT2D eigenvalue weighted by atomic mass is 16.5. The van der Waals surface area contributed by atoms with E-state index in [0.717, 1.165) is 27.7 Å². The molecule has 1 N–H and O–H groups in total. The monoisotopic (exact) mass is 606 g/mol. The number of nitrogens with one attached hydrogen (secondary N) is 1. The van der Waals surface area contributed by atoms with Gasteiger partial charge in [0.05, 0.1) is 42.3 Å². The van der Waals surface area contributed by atoms with Crippen LogP contribution >= 0.6 is 0 Å². The summed E-state index contributed by atoms with van der Waals surface area (Å²) in [7, 11) is 1.34. The maximum atomic E-state index is 12.5. The molecule has 0 spiro atoms. The van der Waals surface area contributed by atoms with Crippen LogP contribution in [0.4, 0.5) is 0 Å². The first-order valence-electron chi connectivity index (χ1n) is 13.8. The van der Waals surface area contributed by atoms with Crippen LogP contribution in [0.2, 0.25) is 0 Å². The lowest BCUT2D eigenvalue weighted by Gasteiger charge is -2.14. The molecule has 0 aliphatic carbocycles. The zero-order valence-corrected chi connectivity index (χ0v) is 25.0. The summed E-state index contributed by atoms with van der Waals surface area (Å²) >= 11 is 0. The van der Waals surface area contributed by atoms with Gasteiger partial charge in [0.25, 0.3) is 12.0 Å². The fraction of sp³-hybridized carbons (Fsp3) is 0.188. The van der Waals surface area contributed by atoms with Crippen LogP contribution in [-0.2, 0) is 20.8 Å². The summed E-state index contributed by atoms with van der Waals surface area (Å²) in [5, 5.41) is 21.4. The number of ether oxygens (including phenoxy) is 2. The molecule has 228 valence electrons. The maximum absolute atomic E-state index is 12.5. The first kappa shape index (κ1) is 30.5. The van der Waals surface area contributed by atoms with Crippen LogP contribution in [0.5, 0.6) is 0 Å². The SMILES string of the molecule is CC(C)(C)OC=O.COC(=O)c1ccc(-n2cc(-c3n[nH]c4ccc(Cn5nc(-c6ccncc6)ccc5=O)cc34)nn2)cc1. The number of pyridine rings is 1. The highest BCUT2D eigenvalue weighted by molar-refractivity contribution is 5.92. The van der Waals surface area contributed by atoms with Gasteiger partial charge in [-0.25, -0.2) is 14.2 Å². The van der Waals surface area contributed by atoms with Crippen LogP contribution in [0.25, 0.3) is 39.2 Å². The van der Waals surface area contributed by atoms with E-state index in [-0.39, 0.29) is 17.7 Å². The van der Waals surface area contributed by atoms with Gasteiger partial charge in [0, 0.05) is 29.4 Å². The molecule has 13 heteroatoms. The van der Waals surface area contributed by atoms with Crippen LogP contribution in [0.1, 0.15) is 36.7 Å². The maximum Gasteiger partial charge on any atom is 0.337 e. The number of H-pyrrole nitrogens is 1. The summed E-state index contributed by atoms with van der Waals surface area (Å²) in [6.07, 6.45) is 5.14. The summed E-state index contributed by atoms with van der Waals surface area (Å²) in [5.41, 5.74) is 5.14. The second kappa shape index (κ2) is 13.1. The number of nitrogens with zero attached hydrogens (tertiary/aromatic N) is 7. The van der Waals surface area contributed by atoms with E-state index in [9.17, 15) is 14.4 Å². The van der Waals surface area contributed by atoms with E-state index in [2.05, 4.69) is 35.3 Å². The van der Waals surface area contributed by atoms with Gasteiger partial charge in [-0.3, -0.25) is 19.7 Å². The molecule has 0 aliphatic heterocycles. The van der Waals surface area contributed by atoms with E-state index in [4.69, 9.17) is 4.74 Å². The first-order valence-corrected chi connectivity index (χ1v) is 13.8. The van der Waals surface area contributed by atoms with Crippen molar-refractivity contribution in [1.82, 2.24) is 40.0 Å². The summed E-state index contributed by atoms with van der Waals surface area (Å²) < 4.78 is 12.3. The summed E-state index contributed by atoms with van der Waals surface area (Å²) in [5.74, 6) is -0.406. The zero-order chi connectivity index (χ0) is 32.0. The summed E-state index contributed by atoms with van der Waals surface area (Å²) in [6.45, 7) is 6.21.